The molecule has 0 spiro atoms. The van der Waals surface area contributed by atoms with Crippen molar-refractivity contribution in [1.29, 1.82) is 0 Å². The number of rotatable bonds is 1. The summed E-state index contributed by atoms with van der Waals surface area (Å²) in [4.78, 5) is 12.0. The van der Waals surface area contributed by atoms with Gasteiger partial charge in [-0.1, -0.05) is 0 Å². The molecule has 0 radical (unpaired) electrons. The van der Waals surface area contributed by atoms with Crippen LogP contribution < -0.4 is 5.32 Å². The van der Waals surface area contributed by atoms with E-state index in [4.69, 9.17) is 5.11 Å². The summed E-state index contributed by atoms with van der Waals surface area (Å²) >= 11 is 1.42. The maximum atomic E-state index is 10.9. The number of carboxylic acid groups (broad SMARTS) is 1. The second kappa shape index (κ2) is 3.05. The van der Waals surface area contributed by atoms with Gasteiger partial charge in [0.2, 0.25) is 0 Å². The number of nitrogens with one attached hydrogen (secondary N) is 2. The van der Waals surface area contributed by atoms with Crippen LogP contribution in [-0.4, -0.2) is 25.6 Å². The molecular formula is C9H8N4O2S. The zero-order valence-electron chi connectivity index (χ0n) is 8.37. The first-order valence-electron chi connectivity index (χ1n) is 4.69. The summed E-state index contributed by atoms with van der Waals surface area (Å²) in [5.74, 6) is -1.01. The van der Waals surface area contributed by atoms with Crippen LogP contribution in [0.1, 0.15) is 21.1 Å². The number of hydrogen-bond acceptors (Lipinski definition) is 5. The summed E-state index contributed by atoms with van der Waals surface area (Å²) in [7, 11) is 0. The lowest BCUT2D eigenvalue weighted by Crippen LogP contribution is -2.09. The molecule has 0 atom stereocenters. The highest BCUT2D eigenvalue weighted by atomic mass is 32.1. The second-order valence-corrected chi connectivity index (χ2v) is 4.41. The molecule has 3 rings (SSSR count). The van der Waals surface area contributed by atoms with Gasteiger partial charge in [0.1, 0.15) is 5.69 Å². The molecule has 82 valence electrons. The molecule has 0 bridgehead atoms. The van der Waals surface area contributed by atoms with Crippen LogP contribution in [0.3, 0.4) is 0 Å². The Bertz CT molecular complexity index is 586. The quantitative estimate of drug-likeness (QED) is 0.697. The minimum absolute atomic E-state index is 0.103. The van der Waals surface area contributed by atoms with Gasteiger partial charge in [0.25, 0.3) is 0 Å². The first kappa shape index (κ1) is 9.34. The average molecular weight is 236 g/mol. The van der Waals surface area contributed by atoms with Gasteiger partial charge in [0, 0.05) is 5.56 Å². The fourth-order valence-electron chi connectivity index (χ4n) is 1.86. The zero-order valence-corrected chi connectivity index (χ0v) is 9.18. The monoisotopic (exact) mass is 236 g/mol. The van der Waals surface area contributed by atoms with E-state index in [1.165, 1.54) is 11.5 Å². The predicted molar refractivity (Wildman–Crippen MR) is 58.7 cm³/mol. The van der Waals surface area contributed by atoms with Crippen molar-refractivity contribution in [2.75, 3.05) is 5.32 Å². The van der Waals surface area contributed by atoms with Crippen molar-refractivity contribution in [2.24, 2.45) is 0 Å². The van der Waals surface area contributed by atoms with Crippen LogP contribution in [0.15, 0.2) is 0 Å². The Morgan fingerprint density at radius 2 is 2.38 bits per heavy atom. The van der Waals surface area contributed by atoms with Crippen LogP contribution in [0, 0.1) is 6.92 Å². The van der Waals surface area contributed by atoms with Gasteiger partial charge in [-0.05, 0) is 18.5 Å². The predicted octanol–water partition coefficient (Wildman–Crippen LogP) is 1.47. The van der Waals surface area contributed by atoms with E-state index in [-0.39, 0.29) is 5.69 Å². The number of carbonyl (C=O) groups is 1. The third-order valence-electron chi connectivity index (χ3n) is 2.58. The number of nitrogens with zero attached hydrogens (tertiary/aromatic N) is 2. The molecule has 7 heteroatoms. The van der Waals surface area contributed by atoms with Crippen LogP contribution in [0.25, 0.3) is 11.3 Å². The van der Waals surface area contributed by atoms with Crippen molar-refractivity contribution >= 4 is 23.2 Å². The SMILES string of the molecule is Cc1nsc2c1-c1n[nH]c(C(=O)O)c1NC2. The summed E-state index contributed by atoms with van der Waals surface area (Å²) in [5, 5.41) is 18.6. The molecule has 0 amide bonds. The fourth-order valence-corrected chi connectivity index (χ4v) is 2.67. The number of H-pyrrole nitrogens is 1. The van der Waals surface area contributed by atoms with Gasteiger partial charge in [-0.2, -0.15) is 9.47 Å². The van der Waals surface area contributed by atoms with Crippen LogP contribution in [-0.2, 0) is 6.54 Å². The normalized spacial score (nSPS) is 12.8. The molecule has 0 saturated carbocycles. The largest absolute Gasteiger partial charge is 0.476 e. The molecule has 1 aliphatic heterocycles. The Labute approximate surface area is 94.5 Å². The van der Waals surface area contributed by atoms with Gasteiger partial charge in [-0.15, -0.1) is 0 Å². The summed E-state index contributed by atoms with van der Waals surface area (Å²) in [6.07, 6.45) is 0. The molecular weight excluding hydrogens is 228 g/mol. The number of aromatic carboxylic acids is 1. The third kappa shape index (κ3) is 1.09. The molecule has 3 N–H and O–H groups in total. The van der Waals surface area contributed by atoms with Crippen molar-refractivity contribution in [1.82, 2.24) is 14.6 Å². The number of aromatic amines is 1. The minimum atomic E-state index is -1.01. The van der Waals surface area contributed by atoms with E-state index in [1.54, 1.807) is 0 Å². The number of carboxylic acids is 1. The minimum Gasteiger partial charge on any atom is -0.476 e. The molecule has 16 heavy (non-hydrogen) atoms. The lowest BCUT2D eigenvalue weighted by atomic mass is 10.1. The zero-order chi connectivity index (χ0) is 11.3. The van der Waals surface area contributed by atoms with E-state index in [9.17, 15) is 4.79 Å². The Morgan fingerprint density at radius 3 is 3.12 bits per heavy atom. The smallest absolute Gasteiger partial charge is 0.356 e. The number of hydrogen-bond donors (Lipinski definition) is 3. The first-order valence-corrected chi connectivity index (χ1v) is 5.47. The Kier molecular flexibility index (Phi) is 1.78. The fraction of sp³-hybridized carbons (Fsp3) is 0.222. The molecule has 0 saturated heterocycles. The molecule has 0 unspecified atom stereocenters. The molecule has 6 nitrogen and oxygen atoms in total. The van der Waals surface area contributed by atoms with Gasteiger partial charge in [-0.3, -0.25) is 5.10 Å². The van der Waals surface area contributed by atoms with Crippen molar-refractivity contribution < 1.29 is 9.90 Å². The van der Waals surface area contributed by atoms with E-state index in [1.807, 2.05) is 6.92 Å². The van der Waals surface area contributed by atoms with Crippen molar-refractivity contribution in [3.63, 3.8) is 0 Å². The second-order valence-electron chi connectivity index (χ2n) is 3.55. The van der Waals surface area contributed by atoms with Crippen LogP contribution in [0.4, 0.5) is 5.69 Å². The Hall–Kier alpha value is -1.89. The molecule has 0 aliphatic carbocycles. The number of aromatic nitrogens is 3. The van der Waals surface area contributed by atoms with Crippen LogP contribution in [0.5, 0.6) is 0 Å². The summed E-state index contributed by atoms with van der Waals surface area (Å²) in [6, 6.07) is 0. The lowest BCUT2D eigenvalue weighted by Gasteiger charge is -2.13. The standard InChI is InChI=1S/C9H8N4O2S/c1-3-5-4(16-13-3)2-10-7-6(5)11-12-8(7)9(14)15/h10H,2H2,1H3,(H,11,12)(H,14,15). The highest BCUT2D eigenvalue weighted by Crippen LogP contribution is 2.39. The van der Waals surface area contributed by atoms with E-state index in [0.29, 0.717) is 17.9 Å². The lowest BCUT2D eigenvalue weighted by molar-refractivity contribution is 0.0691. The van der Waals surface area contributed by atoms with Crippen LogP contribution in [0.2, 0.25) is 0 Å². The van der Waals surface area contributed by atoms with E-state index in [0.717, 1.165) is 16.1 Å². The van der Waals surface area contributed by atoms with E-state index < -0.39 is 5.97 Å². The van der Waals surface area contributed by atoms with Crippen molar-refractivity contribution in [3.05, 3.63) is 16.3 Å². The van der Waals surface area contributed by atoms with Gasteiger partial charge >= 0.3 is 5.97 Å². The van der Waals surface area contributed by atoms with E-state index in [2.05, 4.69) is 19.9 Å². The molecule has 2 aromatic rings. The molecule has 3 heterocycles. The summed E-state index contributed by atoms with van der Waals surface area (Å²) in [5.41, 5.74) is 3.17. The van der Waals surface area contributed by atoms with Gasteiger partial charge in [-0.25, -0.2) is 4.79 Å². The summed E-state index contributed by atoms with van der Waals surface area (Å²) < 4.78 is 4.25. The third-order valence-corrected chi connectivity index (χ3v) is 3.51. The Balaban J connectivity index is 2.26. The maximum absolute atomic E-state index is 10.9. The van der Waals surface area contributed by atoms with Gasteiger partial charge in [0.05, 0.1) is 22.8 Å². The van der Waals surface area contributed by atoms with Crippen LogP contribution >= 0.6 is 11.5 Å². The van der Waals surface area contributed by atoms with Gasteiger partial charge in [0.15, 0.2) is 5.69 Å². The molecule has 2 aromatic heterocycles. The molecule has 0 fully saturated rings. The highest BCUT2D eigenvalue weighted by molar-refractivity contribution is 7.06. The molecule has 1 aliphatic rings. The Morgan fingerprint density at radius 1 is 1.56 bits per heavy atom. The highest BCUT2D eigenvalue weighted by Gasteiger charge is 2.27. The first-order chi connectivity index (χ1) is 7.68. The molecule has 0 aromatic carbocycles. The number of anilines is 1. The van der Waals surface area contributed by atoms with E-state index >= 15 is 0 Å². The van der Waals surface area contributed by atoms with Gasteiger partial charge < -0.3 is 10.4 Å². The van der Waals surface area contributed by atoms with Crippen molar-refractivity contribution in [3.8, 4) is 11.3 Å². The maximum Gasteiger partial charge on any atom is 0.356 e. The topological polar surface area (TPSA) is 90.9 Å². The number of aryl methyl sites for hydroxylation is 1. The summed E-state index contributed by atoms with van der Waals surface area (Å²) in [6.45, 7) is 2.51. The van der Waals surface area contributed by atoms with Crippen molar-refractivity contribution in [2.45, 2.75) is 13.5 Å². The average Bonchev–Trinajstić information content (AvgIpc) is 2.81. The number of fused-ring (bicyclic) bond motifs is 3.